The topological polar surface area (TPSA) is 118 Å². The maximum Gasteiger partial charge on any atom is 0.219 e. The Balaban J connectivity index is 1.34. The van der Waals surface area contributed by atoms with Gasteiger partial charge in [-0.2, -0.15) is 4.58 Å². The number of hydrogen-bond donors (Lipinski definition) is 3. The number of benzene rings is 4. The van der Waals surface area contributed by atoms with Gasteiger partial charge in [0, 0.05) is 47.8 Å². The van der Waals surface area contributed by atoms with Gasteiger partial charge in [0.05, 0.1) is 39.4 Å². The molecule has 2 aliphatic carbocycles. The van der Waals surface area contributed by atoms with Gasteiger partial charge in [0.1, 0.15) is 17.3 Å². The first-order valence-corrected chi connectivity index (χ1v) is 15.1. The molecule has 3 N–H and O–H groups in total. The Morgan fingerprint density at radius 1 is 0.458 bits per heavy atom. The van der Waals surface area contributed by atoms with Crippen molar-refractivity contribution >= 4 is 45.4 Å². The second-order valence-electron chi connectivity index (χ2n) is 11.1. The largest absolute Gasteiger partial charge is 0.507 e. The first-order valence-electron chi connectivity index (χ1n) is 15.1. The molecule has 0 radical (unpaired) electrons. The highest BCUT2D eigenvalue weighted by molar-refractivity contribution is 6.27. The minimum absolute atomic E-state index is 0.329. The molecular weight excluding hydrogens is 604 g/mol. The van der Waals surface area contributed by atoms with Gasteiger partial charge in [-0.3, -0.25) is 14.4 Å². The Morgan fingerprint density at radius 2 is 0.854 bits per heavy atom. The molecule has 0 aliphatic heterocycles. The zero-order chi connectivity index (χ0) is 33.4. The normalized spacial score (nSPS) is 14.7. The number of carbonyl (C=O) groups is 1. The lowest BCUT2D eigenvalue weighted by Crippen LogP contribution is -2.67. The van der Waals surface area contributed by atoms with Crippen LogP contribution in [0.15, 0.2) is 178 Å². The highest BCUT2D eigenvalue weighted by atomic mass is 16.3. The predicted molar refractivity (Wildman–Crippen MR) is 187 cm³/mol. The van der Waals surface area contributed by atoms with Gasteiger partial charge in [0.25, 0.3) is 0 Å². The van der Waals surface area contributed by atoms with Crippen molar-refractivity contribution in [3.63, 3.8) is 0 Å². The van der Waals surface area contributed by atoms with Gasteiger partial charge in [-0.25, -0.2) is 0 Å². The van der Waals surface area contributed by atoms with Crippen LogP contribution in [0.1, 0.15) is 0 Å². The van der Waals surface area contributed by atoms with Crippen molar-refractivity contribution in [2.75, 3.05) is 4.90 Å². The molecule has 0 aromatic heterocycles. The average Bonchev–Trinajstić information content (AvgIpc) is 3.10. The van der Waals surface area contributed by atoms with Gasteiger partial charge in [0.2, 0.25) is 27.9 Å². The van der Waals surface area contributed by atoms with Crippen LogP contribution in [-0.2, 0) is 4.79 Å². The lowest BCUT2D eigenvalue weighted by atomic mass is 9.92. The monoisotopic (exact) mass is 631 g/mol. The van der Waals surface area contributed by atoms with E-state index in [1.54, 1.807) is 9.48 Å². The number of allylic oxidation sites excluding steroid dienone is 5. The molecule has 8 nitrogen and oxygen atoms in total. The molecule has 0 atom stereocenters. The summed E-state index contributed by atoms with van der Waals surface area (Å²) < 4.78 is 1.80. The lowest BCUT2D eigenvalue weighted by molar-refractivity contribution is -0.109. The second-order valence-corrected chi connectivity index (χ2v) is 11.1. The molecular formula is C40H27N2O6+. The van der Waals surface area contributed by atoms with Gasteiger partial charge in [-0.1, -0.05) is 72.8 Å². The molecule has 0 saturated carbocycles. The summed E-state index contributed by atoms with van der Waals surface area (Å²) in [6, 6.07) is 37.1. The fourth-order valence-corrected chi connectivity index (χ4v) is 6.00. The number of aliphatic hydroxyl groups excluding tert-OH is 3. The van der Waals surface area contributed by atoms with E-state index in [1.807, 2.05) is 121 Å². The average molecular weight is 632 g/mol. The van der Waals surface area contributed by atoms with Crippen LogP contribution in [0, 0.1) is 0 Å². The number of rotatable bonds is 5. The van der Waals surface area contributed by atoms with Crippen LogP contribution in [0.5, 0.6) is 0 Å². The van der Waals surface area contributed by atoms with E-state index >= 15 is 0 Å². The van der Waals surface area contributed by atoms with Crippen molar-refractivity contribution < 1.29 is 20.1 Å². The summed E-state index contributed by atoms with van der Waals surface area (Å²) in [5, 5.41) is 32.4. The van der Waals surface area contributed by atoms with Gasteiger partial charge in [0.15, 0.2) is 5.78 Å². The van der Waals surface area contributed by atoms with Gasteiger partial charge < -0.3 is 20.2 Å². The van der Waals surface area contributed by atoms with E-state index in [2.05, 4.69) is 0 Å². The Bertz CT molecular complexity index is 2310. The van der Waals surface area contributed by atoms with Crippen LogP contribution in [0.2, 0.25) is 0 Å². The molecule has 0 spiro atoms. The standard InChI is InChI=1S/C40H26N2O6/c43-31-21-29(41(25-13-5-1-6-14-25)26-15-7-2-8-16-26)22-32(44)35(31)37-39(47)38(40(37)48)36-33(45)23-30(24-34(36)46)42(27-17-9-3-10-18-27)28-19-11-4-12-20-28/h1-24H,(H2,43,44,45,46)/p+1. The Hall–Kier alpha value is -6.80. The molecule has 0 bridgehead atoms. The molecule has 0 heterocycles. The van der Waals surface area contributed by atoms with E-state index in [1.165, 1.54) is 24.3 Å². The number of para-hydroxylation sites is 4. The molecule has 0 fully saturated rings. The first-order chi connectivity index (χ1) is 23.3. The molecule has 5 aromatic rings. The lowest BCUT2D eigenvalue weighted by Gasteiger charge is -2.28. The number of ketones is 1. The predicted octanol–water partition coefficient (Wildman–Crippen LogP) is 5.20. The Labute approximate surface area is 274 Å². The van der Waals surface area contributed by atoms with Crippen LogP contribution in [0.25, 0.3) is 11.1 Å². The highest BCUT2D eigenvalue weighted by Gasteiger charge is 2.31. The minimum atomic E-state index is -0.871. The van der Waals surface area contributed by atoms with Crippen molar-refractivity contribution in [2.24, 2.45) is 0 Å². The van der Waals surface area contributed by atoms with Crippen LogP contribution in [0.3, 0.4) is 0 Å². The van der Waals surface area contributed by atoms with E-state index in [9.17, 15) is 29.7 Å². The zero-order valence-electron chi connectivity index (χ0n) is 25.3. The summed E-state index contributed by atoms with van der Waals surface area (Å²) in [5.41, 5.74) is 1.12. The van der Waals surface area contributed by atoms with Gasteiger partial charge in [-0.15, -0.1) is 0 Å². The summed E-state index contributed by atoms with van der Waals surface area (Å²) in [7, 11) is 0. The van der Waals surface area contributed by atoms with E-state index in [-0.39, 0.29) is 5.57 Å². The SMILES string of the molecule is O=C1C=C(N(c2ccccc2)c2ccccc2)C=C(O)C1=c1c(=O)c(=C2C(O)=CC(=[N+](c3ccccc3)c3ccccc3)C=C2O)c1=O. The van der Waals surface area contributed by atoms with E-state index in [0.717, 1.165) is 22.7 Å². The Morgan fingerprint density at radius 3 is 1.29 bits per heavy atom. The van der Waals surface area contributed by atoms with Crippen LogP contribution in [-0.4, -0.2) is 26.8 Å². The Kier molecular flexibility index (Phi) is 7.59. The van der Waals surface area contributed by atoms with Crippen molar-refractivity contribution in [3.05, 3.63) is 199 Å². The van der Waals surface area contributed by atoms with E-state index < -0.39 is 49.9 Å². The van der Waals surface area contributed by atoms with Crippen molar-refractivity contribution in [1.82, 2.24) is 4.58 Å². The van der Waals surface area contributed by atoms with Gasteiger partial charge >= 0.3 is 0 Å². The zero-order valence-corrected chi connectivity index (χ0v) is 25.3. The van der Waals surface area contributed by atoms with Crippen LogP contribution < -0.4 is 30.8 Å². The summed E-state index contributed by atoms with van der Waals surface area (Å²) >= 11 is 0. The third kappa shape index (κ3) is 5.17. The third-order valence-corrected chi connectivity index (χ3v) is 8.13. The number of aliphatic hydroxyl groups is 3. The molecule has 0 unspecified atom stereocenters. The second kappa shape index (κ2) is 12.2. The molecule has 2 aliphatic rings. The summed E-state index contributed by atoms with van der Waals surface area (Å²) in [6.07, 6.45) is 5.29. The maximum atomic E-state index is 13.5. The maximum absolute atomic E-state index is 13.5. The number of hydrogen-bond acceptors (Lipinski definition) is 7. The van der Waals surface area contributed by atoms with Crippen molar-refractivity contribution in [2.45, 2.75) is 0 Å². The van der Waals surface area contributed by atoms with Crippen LogP contribution in [0.4, 0.5) is 22.7 Å². The summed E-state index contributed by atoms with van der Waals surface area (Å²) in [6.45, 7) is 0. The molecule has 8 heteroatoms. The van der Waals surface area contributed by atoms with Gasteiger partial charge in [-0.05, 0) is 24.3 Å². The molecule has 48 heavy (non-hydrogen) atoms. The fraction of sp³-hybridized carbons (Fsp3) is 0. The van der Waals surface area contributed by atoms with Crippen molar-refractivity contribution in [1.29, 1.82) is 0 Å². The molecule has 5 aromatic carbocycles. The van der Waals surface area contributed by atoms with Crippen molar-refractivity contribution in [3.8, 4) is 0 Å². The minimum Gasteiger partial charge on any atom is -0.507 e. The molecule has 7 rings (SSSR count). The number of carbonyl (C=O) groups excluding carboxylic acids is 1. The third-order valence-electron chi connectivity index (χ3n) is 8.13. The molecule has 0 amide bonds. The fourth-order valence-electron chi connectivity index (χ4n) is 6.00. The highest BCUT2D eigenvalue weighted by Crippen LogP contribution is 2.33. The summed E-state index contributed by atoms with van der Waals surface area (Å²) in [5.74, 6) is -2.28. The first kappa shape index (κ1) is 29.9. The molecule has 232 valence electrons. The van der Waals surface area contributed by atoms with E-state index in [4.69, 9.17) is 0 Å². The quantitative estimate of drug-likeness (QED) is 0.228. The number of anilines is 2. The number of nitrogens with zero attached hydrogens (tertiary/aromatic N) is 2. The molecule has 0 saturated heterocycles. The summed E-state index contributed by atoms with van der Waals surface area (Å²) in [4.78, 5) is 42.3. The smallest absolute Gasteiger partial charge is 0.219 e. The van der Waals surface area contributed by atoms with E-state index in [0.29, 0.717) is 11.4 Å². The van der Waals surface area contributed by atoms with Crippen LogP contribution >= 0.6 is 0 Å².